The molecule has 2 aliphatic rings. The molecule has 12 nitrogen and oxygen atoms in total. The first kappa shape index (κ1) is 26.5. The van der Waals surface area contributed by atoms with Gasteiger partial charge in [0.1, 0.15) is 12.4 Å². The molecule has 0 radical (unpaired) electrons. The third kappa shape index (κ3) is 4.08. The highest BCUT2D eigenvalue weighted by Crippen LogP contribution is 2.44. The Morgan fingerprint density at radius 1 is 1.15 bits per heavy atom. The van der Waals surface area contributed by atoms with Crippen molar-refractivity contribution in [1.82, 2.24) is 33.1 Å². The van der Waals surface area contributed by atoms with Gasteiger partial charge in [-0.05, 0) is 31.9 Å². The molecule has 3 aromatic heterocycles. The number of piperidine rings is 1. The molecule has 0 aliphatic carbocycles. The molecule has 2 aliphatic heterocycles. The fourth-order valence-corrected chi connectivity index (χ4v) is 6.53. The smallest absolute Gasteiger partial charge is 0.332 e. The van der Waals surface area contributed by atoms with E-state index >= 15 is 0 Å². The summed E-state index contributed by atoms with van der Waals surface area (Å²) in [5.41, 5.74) is -0.313. The molecule has 4 aromatic rings. The van der Waals surface area contributed by atoms with Crippen LogP contribution >= 0.6 is 0 Å². The van der Waals surface area contributed by atoms with Crippen LogP contribution in [0.25, 0.3) is 22.2 Å². The van der Waals surface area contributed by atoms with Crippen molar-refractivity contribution in [1.29, 1.82) is 0 Å². The number of aryl methyl sites for hydroxylation is 2. The van der Waals surface area contributed by atoms with Gasteiger partial charge in [-0.2, -0.15) is 0 Å². The summed E-state index contributed by atoms with van der Waals surface area (Å²) in [7, 11) is 3.00. The summed E-state index contributed by atoms with van der Waals surface area (Å²) in [4.78, 5) is 49.5. The average molecular weight is 550 g/mol. The molecule has 0 saturated carbocycles. The van der Waals surface area contributed by atoms with Gasteiger partial charge in [0.2, 0.25) is 5.91 Å². The van der Waals surface area contributed by atoms with Crippen LogP contribution < -0.4 is 11.2 Å². The number of carbonyl (C=O) groups is 1. The fraction of sp³-hybridized carbons (Fsp3) is 0.536. The highest BCUT2D eigenvalue weighted by atomic mass is 16.5. The molecule has 1 N–H and O–H groups in total. The quantitative estimate of drug-likeness (QED) is 0.404. The maximum absolute atomic E-state index is 13.3. The molecule has 212 valence electrons. The van der Waals surface area contributed by atoms with Gasteiger partial charge in [-0.25, -0.2) is 14.8 Å². The lowest BCUT2D eigenvalue weighted by Crippen LogP contribution is -2.58. The number of para-hydroxylation sites is 2. The molecular formula is C28H35N7O5. The number of aliphatic hydroxyl groups is 1. The Balaban J connectivity index is 1.18. The zero-order valence-electron chi connectivity index (χ0n) is 23.3. The zero-order chi connectivity index (χ0) is 28.4. The summed E-state index contributed by atoms with van der Waals surface area (Å²) in [6, 6.07) is 7.31. The number of benzene rings is 1. The number of aromatic nitrogens is 6. The van der Waals surface area contributed by atoms with Gasteiger partial charge in [0.05, 0.1) is 41.2 Å². The third-order valence-corrected chi connectivity index (χ3v) is 8.82. The van der Waals surface area contributed by atoms with Gasteiger partial charge < -0.3 is 23.9 Å². The first-order valence-corrected chi connectivity index (χ1v) is 13.8. The van der Waals surface area contributed by atoms with E-state index in [4.69, 9.17) is 4.74 Å². The number of carbonyl (C=O) groups excluding carboxylic acids is 1. The molecule has 6 rings (SSSR count). The molecule has 1 amide bonds. The number of hydrogen-bond acceptors (Lipinski definition) is 7. The van der Waals surface area contributed by atoms with E-state index in [0.29, 0.717) is 32.4 Å². The Labute approximate surface area is 230 Å². The SMILES string of the molecule is CCc1nc2ccccc2n1CC(=O)N1CCC2(CC1)C[C@@](C)(O)[C@H](n1cnc3c1c(=O)n(C)c(=O)n3C)CO2. The third-order valence-electron chi connectivity index (χ3n) is 8.82. The van der Waals surface area contributed by atoms with E-state index < -0.39 is 28.5 Å². The van der Waals surface area contributed by atoms with Crippen molar-refractivity contribution in [2.24, 2.45) is 14.1 Å². The molecule has 0 unspecified atom stereocenters. The number of amides is 1. The maximum atomic E-state index is 13.3. The van der Waals surface area contributed by atoms with Gasteiger partial charge in [0.15, 0.2) is 11.2 Å². The minimum atomic E-state index is -1.20. The van der Waals surface area contributed by atoms with Crippen LogP contribution in [-0.2, 0) is 36.6 Å². The minimum absolute atomic E-state index is 0.0412. The highest BCUT2D eigenvalue weighted by molar-refractivity contribution is 5.81. The van der Waals surface area contributed by atoms with Crippen LogP contribution in [0.3, 0.4) is 0 Å². The van der Waals surface area contributed by atoms with E-state index in [0.717, 1.165) is 27.8 Å². The summed E-state index contributed by atoms with van der Waals surface area (Å²) in [5.74, 6) is 0.933. The van der Waals surface area contributed by atoms with E-state index in [1.54, 1.807) is 18.5 Å². The number of nitrogens with zero attached hydrogens (tertiary/aromatic N) is 7. The molecule has 40 heavy (non-hydrogen) atoms. The Kier molecular flexibility index (Phi) is 6.22. The molecule has 2 atom stereocenters. The molecular weight excluding hydrogens is 514 g/mol. The van der Waals surface area contributed by atoms with Crippen LogP contribution in [0.15, 0.2) is 40.2 Å². The van der Waals surface area contributed by atoms with Crippen molar-refractivity contribution in [3.05, 3.63) is 57.3 Å². The number of imidazole rings is 2. The van der Waals surface area contributed by atoms with Crippen molar-refractivity contribution in [3.63, 3.8) is 0 Å². The molecule has 2 saturated heterocycles. The van der Waals surface area contributed by atoms with Crippen LogP contribution in [0, 0.1) is 0 Å². The minimum Gasteiger partial charge on any atom is -0.388 e. The summed E-state index contributed by atoms with van der Waals surface area (Å²) in [5, 5.41) is 11.7. The predicted molar refractivity (Wildman–Crippen MR) is 148 cm³/mol. The van der Waals surface area contributed by atoms with Gasteiger partial charge in [0, 0.05) is 40.0 Å². The lowest BCUT2D eigenvalue weighted by atomic mass is 9.75. The summed E-state index contributed by atoms with van der Waals surface area (Å²) in [6.45, 7) is 5.28. The van der Waals surface area contributed by atoms with E-state index in [1.807, 2.05) is 40.7 Å². The lowest BCUT2D eigenvalue weighted by molar-refractivity contribution is -0.197. The fourth-order valence-electron chi connectivity index (χ4n) is 6.53. The number of ether oxygens (including phenoxy) is 1. The maximum Gasteiger partial charge on any atom is 0.332 e. The summed E-state index contributed by atoms with van der Waals surface area (Å²) < 4.78 is 12.5. The van der Waals surface area contributed by atoms with Crippen LogP contribution in [-0.4, -0.2) is 75.0 Å². The first-order valence-electron chi connectivity index (χ1n) is 13.8. The number of fused-ring (bicyclic) bond motifs is 2. The second-order valence-electron chi connectivity index (χ2n) is 11.4. The predicted octanol–water partition coefficient (Wildman–Crippen LogP) is 1.12. The second-order valence-corrected chi connectivity index (χ2v) is 11.4. The number of hydrogen-bond donors (Lipinski definition) is 1. The van der Waals surface area contributed by atoms with E-state index in [9.17, 15) is 19.5 Å². The average Bonchev–Trinajstić information content (AvgIpc) is 3.52. The van der Waals surface area contributed by atoms with Crippen LogP contribution in [0.4, 0.5) is 0 Å². The van der Waals surface area contributed by atoms with Crippen molar-refractivity contribution in [2.45, 2.75) is 63.3 Å². The van der Waals surface area contributed by atoms with Crippen molar-refractivity contribution < 1.29 is 14.6 Å². The van der Waals surface area contributed by atoms with Crippen molar-refractivity contribution in [3.8, 4) is 0 Å². The topological polar surface area (TPSA) is 129 Å². The highest BCUT2D eigenvalue weighted by Gasteiger charge is 2.50. The molecule has 2 fully saturated rings. The Bertz CT molecular complexity index is 1740. The second kappa shape index (κ2) is 9.41. The van der Waals surface area contributed by atoms with Crippen LogP contribution in [0.1, 0.15) is 45.0 Å². The number of rotatable bonds is 4. The van der Waals surface area contributed by atoms with Gasteiger partial charge in [0.25, 0.3) is 5.56 Å². The largest absolute Gasteiger partial charge is 0.388 e. The van der Waals surface area contributed by atoms with E-state index in [1.165, 1.54) is 17.9 Å². The molecule has 5 heterocycles. The van der Waals surface area contributed by atoms with Gasteiger partial charge in [-0.15, -0.1) is 0 Å². The lowest BCUT2D eigenvalue weighted by Gasteiger charge is -2.51. The Morgan fingerprint density at radius 2 is 1.88 bits per heavy atom. The Hall–Kier alpha value is -3.77. The number of likely N-dealkylation sites (tertiary alicyclic amines) is 1. The van der Waals surface area contributed by atoms with Crippen LogP contribution in [0.5, 0.6) is 0 Å². The normalized spacial score (nSPS) is 22.9. The van der Waals surface area contributed by atoms with Gasteiger partial charge in [-0.3, -0.25) is 18.7 Å². The van der Waals surface area contributed by atoms with Crippen molar-refractivity contribution in [2.75, 3.05) is 19.7 Å². The first-order chi connectivity index (χ1) is 19.0. The van der Waals surface area contributed by atoms with Gasteiger partial charge >= 0.3 is 5.69 Å². The molecule has 12 heteroatoms. The van der Waals surface area contributed by atoms with E-state index in [2.05, 4.69) is 9.97 Å². The van der Waals surface area contributed by atoms with Gasteiger partial charge in [-0.1, -0.05) is 19.1 Å². The molecule has 0 bridgehead atoms. The molecule has 1 aromatic carbocycles. The standard InChI is InChI=1S/C28H35N7O5/c1-5-21-30-18-8-6-7-9-19(18)34(21)14-22(36)33-12-10-28(11-13-33)16-27(2,39)20(15-40-28)35-17-29-24-23(35)25(37)32(4)26(38)31(24)3/h6-9,17,20,39H,5,10-16H2,1-4H3/t20-,27-/m1/s1. The van der Waals surface area contributed by atoms with Crippen LogP contribution in [0.2, 0.25) is 0 Å². The Morgan fingerprint density at radius 3 is 2.58 bits per heavy atom. The summed E-state index contributed by atoms with van der Waals surface area (Å²) in [6.07, 6.45) is 3.80. The summed E-state index contributed by atoms with van der Waals surface area (Å²) >= 11 is 0. The molecule has 1 spiro atoms. The monoisotopic (exact) mass is 549 g/mol. The van der Waals surface area contributed by atoms with E-state index in [-0.39, 0.29) is 30.2 Å². The van der Waals surface area contributed by atoms with Crippen molar-refractivity contribution >= 4 is 28.1 Å². The zero-order valence-corrected chi connectivity index (χ0v) is 23.3.